The van der Waals surface area contributed by atoms with Gasteiger partial charge >= 0.3 is 11.7 Å². The first-order valence-corrected chi connectivity index (χ1v) is 5.41. The minimum atomic E-state index is -0.589. The van der Waals surface area contributed by atoms with Crippen molar-refractivity contribution >= 4 is 11.7 Å². The molecule has 2 aromatic rings. The molecule has 0 atom stereocenters. The highest BCUT2D eigenvalue weighted by molar-refractivity contribution is 5.89. The standard InChI is InChI=1S/C12H9N3O5/c1-19-12(16)8-4-9(6-14-5-8)20-11-7-13-3-2-10(11)15(17)18/h2-7H,1H3. The van der Waals surface area contributed by atoms with Gasteiger partial charge in [0.2, 0.25) is 5.75 Å². The van der Waals surface area contributed by atoms with Crippen molar-refractivity contribution in [1.82, 2.24) is 9.97 Å². The summed E-state index contributed by atoms with van der Waals surface area (Å²) in [5.41, 5.74) is -0.0555. The molecule has 20 heavy (non-hydrogen) atoms. The average Bonchev–Trinajstić information content (AvgIpc) is 2.47. The summed E-state index contributed by atoms with van der Waals surface area (Å²) in [6.45, 7) is 0. The summed E-state index contributed by atoms with van der Waals surface area (Å²) in [5.74, 6) is -0.450. The molecule has 8 nitrogen and oxygen atoms in total. The number of nitrogens with zero attached hydrogens (tertiary/aromatic N) is 3. The fraction of sp³-hybridized carbons (Fsp3) is 0.0833. The Morgan fingerprint density at radius 1 is 1.30 bits per heavy atom. The molecule has 0 amide bonds. The molecule has 0 aliphatic heterocycles. The zero-order valence-corrected chi connectivity index (χ0v) is 10.3. The Balaban J connectivity index is 2.31. The van der Waals surface area contributed by atoms with Crippen LogP contribution in [0.15, 0.2) is 36.9 Å². The van der Waals surface area contributed by atoms with E-state index in [1.165, 1.54) is 44.0 Å². The minimum absolute atomic E-state index is 0.0404. The van der Waals surface area contributed by atoms with Gasteiger partial charge in [0.15, 0.2) is 0 Å². The minimum Gasteiger partial charge on any atom is -0.465 e. The average molecular weight is 275 g/mol. The van der Waals surface area contributed by atoms with E-state index in [9.17, 15) is 14.9 Å². The molecule has 0 saturated carbocycles. The third-order valence-corrected chi connectivity index (χ3v) is 2.32. The van der Waals surface area contributed by atoms with Crippen LogP contribution < -0.4 is 4.74 Å². The quantitative estimate of drug-likeness (QED) is 0.477. The maximum absolute atomic E-state index is 11.4. The van der Waals surface area contributed by atoms with Crippen molar-refractivity contribution in [2.45, 2.75) is 0 Å². The first-order valence-electron chi connectivity index (χ1n) is 5.41. The van der Waals surface area contributed by atoms with Crippen LogP contribution in [0.5, 0.6) is 11.5 Å². The van der Waals surface area contributed by atoms with Crippen molar-refractivity contribution in [2.75, 3.05) is 7.11 Å². The van der Waals surface area contributed by atoms with Crippen molar-refractivity contribution in [2.24, 2.45) is 0 Å². The molecule has 0 bridgehead atoms. The lowest BCUT2D eigenvalue weighted by molar-refractivity contribution is -0.385. The topological polar surface area (TPSA) is 104 Å². The van der Waals surface area contributed by atoms with Crippen LogP contribution in [0, 0.1) is 10.1 Å². The van der Waals surface area contributed by atoms with Crippen LogP contribution in [0.25, 0.3) is 0 Å². The van der Waals surface area contributed by atoms with E-state index in [1.54, 1.807) is 0 Å². The molecule has 0 aliphatic carbocycles. The molecule has 2 heterocycles. The Morgan fingerprint density at radius 3 is 2.80 bits per heavy atom. The Kier molecular flexibility index (Phi) is 3.85. The van der Waals surface area contributed by atoms with Gasteiger partial charge < -0.3 is 9.47 Å². The van der Waals surface area contributed by atoms with E-state index >= 15 is 0 Å². The molecular formula is C12H9N3O5. The Labute approximate surface area is 113 Å². The molecule has 102 valence electrons. The highest BCUT2D eigenvalue weighted by atomic mass is 16.6. The van der Waals surface area contributed by atoms with Crippen LogP contribution in [0.3, 0.4) is 0 Å². The van der Waals surface area contributed by atoms with Gasteiger partial charge in [-0.25, -0.2) is 4.79 Å². The van der Waals surface area contributed by atoms with Crippen LogP contribution in [0.1, 0.15) is 10.4 Å². The Morgan fingerprint density at radius 2 is 2.10 bits per heavy atom. The smallest absolute Gasteiger partial charge is 0.339 e. The number of carbonyl (C=O) groups excluding carboxylic acids is 1. The van der Waals surface area contributed by atoms with E-state index in [-0.39, 0.29) is 22.7 Å². The number of nitro groups is 1. The van der Waals surface area contributed by atoms with Gasteiger partial charge in [-0.2, -0.15) is 0 Å². The van der Waals surface area contributed by atoms with E-state index in [0.717, 1.165) is 0 Å². The number of carbonyl (C=O) groups is 1. The number of ether oxygens (including phenoxy) is 2. The number of pyridine rings is 2. The second-order valence-corrected chi connectivity index (χ2v) is 3.60. The highest BCUT2D eigenvalue weighted by Crippen LogP contribution is 2.29. The van der Waals surface area contributed by atoms with Crippen LogP contribution in [0.2, 0.25) is 0 Å². The van der Waals surface area contributed by atoms with Crippen molar-refractivity contribution in [3.8, 4) is 11.5 Å². The zero-order valence-electron chi connectivity index (χ0n) is 10.3. The number of aromatic nitrogens is 2. The Hall–Kier alpha value is -3.03. The number of methoxy groups -OCH3 is 1. The molecule has 0 unspecified atom stereocenters. The van der Waals surface area contributed by atoms with E-state index in [0.29, 0.717) is 0 Å². The van der Waals surface area contributed by atoms with Gasteiger partial charge in [-0.3, -0.25) is 20.1 Å². The van der Waals surface area contributed by atoms with Crippen LogP contribution in [-0.2, 0) is 4.74 Å². The van der Waals surface area contributed by atoms with Crippen molar-refractivity contribution in [1.29, 1.82) is 0 Å². The van der Waals surface area contributed by atoms with E-state index in [4.69, 9.17) is 4.74 Å². The lowest BCUT2D eigenvalue weighted by Gasteiger charge is -2.06. The third kappa shape index (κ3) is 2.86. The molecule has 2 rings (SSSR count). The summed E-state index contributed by atoms with van der Waals surface area (Å²) < 4.78 is 9.88. The van der Waals surface area contributed by atoms with Gasteiger partial charge in [-0.05, 0) is 6.07 Å². The number of esters is 1. The Bertz CT molecular complexity index is 659. The van der Waals surface area contributed by atoms with Gasteiger partial charge in [-0.1, -0.05) is 0 Å². The normalized spacial score (nSPS) is 9.85. The predicted octanol–water partition coefficient (Wildman–Crippen LogP) is 1.96. The second-order valence-electron chi connectivity index (χ2n) is 3.60. The maximum atomic E-state index is 11.4. The summed E-state index contributed by atoms with van der Waals surface area (Å²) in [5, 5.41) is 10.8. The zero-order chi connectivity index (χ0) is 14.5. The molecule has 0 fully saturated rings. The number of hydrogen-bond acceptors (Lipinski definition) is 7. The predicted molar refractivity (Wildman–Crippen MR) is 66.5 cm³/mol. The first kappa shape index (κ1) is 13.4. The van der Waals surface area contributed by atoms with E-state index in [1.807, 2.05) is 0 Å². The van der Waals surface area contributed by atoms with Gasteiger partial charge in [0.1, 0.15) is 5.75 Å². The van der Waals surface area contributed by atoms with Crippen LogP contribution in [0.4, 0.5) is 5.69 Å². The summed E-state index contributed by atoms with van der Waals surface area (Å²) in [7, 11) is 1.24. The molecule has 2 aromatic heterocycles. The fourth-order valence-corrected chi connectivity index (χ4v) is 1.43. The van der Waals surface area contributed by atoms with Gasteiger partial charge in [0.25, 0.3) is 0 Å². The maximum Gasteiger partial charge on any atom is 0.339 e. The van der Waals surface area contributed by atoms with Gasteiger partial charge in [0.05, 0.1) is 30.0 Å². The number of hydrogen-bond donors (Lipinski definition) is 0. The summed E-state index contributed by atoms with van der Waals surface area (Å²) in [4.78, 5) is 29.2. The third-order valence-electron chi connectivity index (χ3n) is 2.32. The van der Waals surface area contributed by atoms with E-state index in [2.05, 4.69) is 14.7 Å². The van der Waals surface area contributed by atoms with E-state index < -0.39 is 10.9 Å². The fourth-order valence-electron chi connectivity index (χ4n) is 1.43. The monoisotopic (exact) mass is 275 g/mol. The summed E-state index contributed by atoms with van der Waals surface area (Å²) in [6.07, 6.45) is 5.12. The van der Waals surface area contributed by atoms with Crippen LogP contribution in [-0.4, -0.2) is 28.0 Å². The second kappa shape index (κ2) is 5.74. The number of rotatable bonds is 4. The molecule has 0 aliphatic rings. The highest BCUT2D eigenvalue weighted by Gasteiger charge is 2.16. The molecule has 0 aromatic carbocycles. The van der Waals surface area contributed by atoms with Crippen molar-refractivity contribution < 1.29 is 19.2 Å². The van der Waals surface area contributed by atoms with Crippen molar-refractivity contribution in [3.63, 3.8) is 0 Å². The molecule has 8 heteroatoms. The molecule has 0 saturated heterocycles. The molecule has 0 N–H and O–H groups in total. The summed E-state index contributed by atoms with van der Waals surface area (Å²) in [6, 6.07) is 2.59. The van der Waals surface area contributed by atoms with Crippen molar-refractivity contribution in [3.05, 3.63) is 52.6 Å². The van der Waals surface area contributed by atoms with Gasteiger partial charge in [-0.15, -0.1) is 0 Å². The molecule has 0 radical (unpaired) electrons. The van der Waals surface area contributed by atoms with Gasteiger partial charge in [0, 0.05) is 18.5 Å². The largest absolute Gasteiger partial charge is 0.465 e. The molecule has 0 spiro atoms. The first-order chi connectivity index (χ1) is 9.61. The SMILES string of the molecule is COC(=O)c1cncc(Oc2cnccc2[N+](=O)[O-])c1. The van der Waals surface area contributed by atoms with Crippen LogP contribution >= 0.6 is 0 Å². The molecular weight excluding hydrogens is 266 g/mol. The lowest BCUT2D eigenvalue weighted by Crippen LogP contribution is -2.02. The summed E-state index contributed by atoms with van der Waals surface area (Å²) >= 11 is 0. The lowest BCUT2D eigenvalue weighted by atomic mass is 10.3.